The van der Waals surface area contributed by atoms with Crippen LogP contribution in [0.25, 0.3) is 0 Å². The van der Waals surface area contributed by atoms with Crippen molar-refractivity contribution < 1.29 is 9.53 Å². The second-order valence-corrected chi connectivity index (χ2v) is 6.00. The van der Waals surface area contributed by atoms with Crippen LogP contribution in [-0.2, 0) is 5.41 Å². The number of rotatable bonds is 2. The normalized spacial score (nSPS) is 11.2. The summed E-state index contributed by atoms with van der Waals surface area (Å²) >= 11 is 0. The Morgan fingerprint density at radius 1 is 1.00 bits per heavy atom. The summed E-state index contributed by atoms with van der Waals surface area (Å²) in [6.07, 6.45) is 0. The molecule has 0 N–H and O–H groups in total. The van der Waals surface area contributed by atoms with Crippen LogP contribution in [0, 0.1) is 6.92 Å². The predicted octanol–water partition coefficient (Wildman–Crippen LogP) is 4.51. The summed E-state index contributed by atoms with van der Waals surface area (Å²) in [5, 5.41) is 0. The van der Waals surface area contributed by atoms with E-state index in [1.165, 1.54) is 0 Å². The van der Waals surface area contributed by atoms with Crippen molar-refractivity contribution in [1.29, 1.82) is 0 Å². The van der Waals surface area contributed by atoms with Gasteiger partial charge in [-0.3, -0.25) is 0 Å². The van der Waals surface area contributed by atoms with Gasteiger partial charge in [-0.15, -0.1) is 0 Å². The molecular formula is C18H20O2. The van der Waals surface area contributed by atoms with Gasteiger partial charge in [0.05, 0.1) is 5.56 Å². The third-order valence-corrected chi connectivity index (χ3v) is 3.16. The van der Waals surface area contributed by atoms with Crippen LogP contribution >= 0.6 is 0 Å². The van der Waals surface area contributed by atoms with Crippen LogP contribution in [0.4, 0.5) is 0 Å². The molecule has 20 heavy (non-hydrogen) atoms. The first kappa shape index (κ1) is 14.3. The van der Waals surface area contributed by atoms with Crippen molar-refractivity contribution in [2.24, 2.45) is 0 Å². The standard InChI is InChI=1S/C18H20O2/c1-13-10-11-15(16(12-13)18(2,3)4)17(19)20-14-8-6-5-7-9-14/h5-12H,1-4H3. The molecule has 0 aliphatic carbocycles. The topological polar surface area (TPSA) is 26.3 Å². The van der Waals surface area contributed by atoms with Crippen molar-refractivity contribution in [3.05, 3.63) is 65.2 Å². The Morgan fingerprint density at radius 3 is 2.25 bits per heavy atom. The second kappa shape index (κ2) is 5.49. The van der Waals surface area contributed by atoms with Crippen LogP contribution in [-0.4, -0.2) is 5.97 Å². The van der Waals surface area contributed by atoms with Gasteiger partial charge >= 0.3 is 5.97 Å². The molecule has 2 rings (SSSR count). The molecule has 2 aromatic carbocycles. The van der Waals surface area contributed by atoms with E-state index in [9.17, 15) is 4.79 Å². The van der Waals surface area contributed by atoms with Gasteiger partial charge in [-0.1, -0.05) is 56.7 Å². The third kappa shape index (κ3) is 3.27. The number of carbonyl (C=O) groups is 1. The monoisotopic (exact) mass is 268 g/mol. The Bertz CT molecular complexity index is 607. The number of hydrogen-bond acceptors (Lipinski definition) is 2. The van der Waals surface area contributed by atoms with E-state index in [2.05, 4.69) is 26.8 Å². The Balaban J connectivity index is 2.35. The van der Waals surface area contributed by atoms with Crippen molar-refractivity contribution in [2.45, 2.75) is 33.1 Å². The van der Waals surface area contributed by atoms with Crippen molar-refractivity contribution in [1.82, 2.24) is 0 Å². The number of ether oxygens (including phenoxy) is 1. The minimum absolute atomic E-state index is 0.100. The Morgan fingerprint density at radius 2 is 1.65 bits per heavy atom. The molecule has 0 aliphatic heterocycles. The van der Waals surface area contributed by atoms with Crippen molar-refractivity contribution in [2.75, 3.05) is 0 Å². The highest BCUT2D eigenvalue weighted by Gasteiger charge is 2.22. The molecule has 0 saturated heterocycles. The van der Waals surface area contributed by atoms with E-state index in [1.807, 2.05) is 37.3 Å². The van der Waals surface area contributed by atoms with Gasteiger partial charge in [0.2, 0.25) is 0 Å². The first-order chi connectivity index (χ1) is 9.38. The van der Waals surface area contributed by atoms with Gasteiger partial charge in [0.1, 0.15) is 5.75 Å². The zero-order valence-corrected chi connectivity index (χ0v) is 12.4. The van der Waals surface area contributed by atoms with E-state index >= 15 is 0 Å². The summed E-state index contributed by atoms with van der Waals surface area (Å²) in [4.78, 5) is 12.4. The molecule has 0 bridgehead atoms. The van der Waals surface area contributed by atoms with Gasteiger partial charge in [0.15, 0.2) is 0 Å². The first-order valence-electron chi connectivity index (χ1n) is 6.76. The number of benzene rings is 2. The molecule has 0 aliphatic rings. The molecule has 0 atom stereocenters. The fraction of sp³-hybridized carbons (Fsp3) is 0.278. The molecule has 0 aromatic heterocycles. The molecule has 0 saturated carbocycles. The van der Waals surface area contributed by atoms with E-state index in [4.69, 9.17) is 4.74 Å². The number of hydrogen-bond donors (Lipinski definition) is 0. The smallest absolute Gasteiger partial charge is 0.343 e. The van der Waals surface area contributed by atoms with E-state index in [1.54, 1.807) is 12.1 Å². The summed E-state index contributed by atoms with van der Waals surface area (Å²) in [5.74, 6) is 0.263. The number of carbonyl (C=O) groups excluding carboxylic acids is 1. The largest absolute Gasteiger partial charge is 0.423 e. The maximum atomic E-state index is 12.4. The molecule has 2 aromatic rings. The lowest BCUT2D eigenvalue weighted by Gasteiger charge is -2.22. The SMILES string of the molecule is Cc1ccc(C(=O)Oc2ccccc2)c(C(C)(C)C)c1. The average molecular weight is 268 g/mol. The molecule has 2 heteroatoms. The Labute approximate surface area is 120 Å². The van der Waals surface area contributed by atoms with Crippen LogP contribution in [0.3, 0.4) is 0 Å². The summed E-state index contributed by atoms with van der Waals surface area (Å²) in [7, 11) is 0. The van der Waals surface area contributed by atoms with E-state index in [0.717, 1.165) is 11.1 Å². The summed E-state index contributed by atoms with van der Waals surface area (Å²) in [6.45, 7) is 8.32. The molecule has 0 amide bonds. The molecule has 0 radical (unpaired) electrons. The van der Waals surface area contributed by atoms with E-state index in [-0.39, 0.29) is 11.4 Å². The molecule has 104 valence electrons. The second-order valence-electron chi connectivity index (χ2n) is 6.00. The third-order valence-electron chi connectivity index (χ3n) is 3.16. The van der Waals surface area contributed by atoms with E-state index in [0.29, 0.717) is 11.3 Å². The highest BCUT2D eigenvalue weighted by atomic mass is 16.5. The lowest BCUT2D eigenvalue weighted by atomic mass is 9.83. The average Bonchev–Trinajstić information content (AvgIpc) is 2.38. The number of para-hydroxylation sites is 1. The van der Waals surface area contributed by atoms with Crippen molar-refractivity contribution in [3.8, 4) is 5.75 Å². The van der Waals surface area contributed by atoms with Crippen LogP contribution in [0.5, 0.6) is 5.75 Å². The molecule has 0 unspecified atom stereocenters. The zero-order valence-electron chi connectivity index (χ0n) is 12.4. The molecule has 2 nitrogen and oxygen atoms in total. The van der Waals surface area contributed by atoms with Crippen LogP contribution in [0.1, 0.15) is 42.3 Å². The van der Waals surface area contributed by atoms with Crippen molar-refractivity contribution >= 4 is 5.97 Å². The lowest BCUT2D eigenvalue weighted by Crippen LogP contribution is -2.20. The summed E-state index contributed by atoms with van der Waals surface area (Å²) < 4.78 is 5.44. The highest BCUT2D eigenvalue weighted by molar-refractivity contribution is 5.93. The van der Waals surface area contributed by atoms with Gasteiger partial charge in [-0.2, -0.15) is 0 Å². The van der Waals surface area contributed by atoms with Crippen molar-refractivity contribution in [3.63, 3.8) is 0 Å². The number of esters is 1. The van der Waals surface area contributed by atoms with Crippen LogP contribution in [0.15, 0.2) is 48.5 Å². The van der Waals surface area contributed by atoms with Gasteiger partial charge in [0, 0.05) is 0 Å². The van der Waals surface area contributed by atoms with Gasteiger partial charge in [-0.05, 0) is 36.1 Å². The van der Waals surface area contributed by atoms with Crippen LogP contribution in [0.2, 0.25) is 0 Å². The minimum atomic E-state index is -0.305. The Hall–Kier alpha value is -2.09. The molecule has 0 heterocycles. The maximum absolute atomic E-state index is 12.4. The fourth-order valence-electron chi connectivity index (χ4n) is 2.11. The zero-order chi connectivity index (χ0) is 14.8. The minimum Gasteiger partial charge on any atom is -0.423 e. The van der Waals surface area contributed by atoms with Gasteiger partial charge < -0.3 is 4.74 Å². The molecule has 0 fully saturated rings. The summed E-state index contributed by atoms with van der Waals surface area (Å²) in [6, 6.07) is 15.0. The number of aryl methyl sites for hydroxylation is 1. The van der Waals surface area contributed by atoms with Crippen LogP contribution < -0.4 is 4.74 Å². The summed E-state index contributed by atoms with van der Waals surface area (Å²) in [5.41, 5.74) is 2.69. The predicted molar refractivity (Wildman–Crippen MR) is 81.3 cm³/mol. The maximum Gasteiger partial charge on any atom is 0.343 e. The lowest BCUT2D eigenvalue weighted by molar-refractivity contribution is 0.0732. The highest BCUT2D eigenvalue weighted by Crippen LogP contribution is 2.27. The molecule has 0 spiro atoms. The quantitative estimate of drug-likeness (QED) is 0.591. The molecular weight excluding hydrogens is 248 g/mol. The van der Waals surface area contributed by atoms with Gasteiger partial charge in [-0.25, -0.2) is 4.79 Å². The Kier molecular flexibility index (Phi) is 3.93. The fourth-order valence-corrected chi connectivity index (χ4v) is 2.11. The van der Waals surface area contributed by atoms with E-state index < -0.39 is 0 Å². The van der Waals surface area contributed by atoms with Gasteiger partial charge in [0.25, 0.3) is 0 Å². The first-order valence-corrected chi connectivity index (χ1v) is 6.76.